The maximum Gasteiger partial charge on any atom is 0.288 e. The molecule has 10 heteroatoms. The highest BCUT2D eigenvalue weighted by Crippen LogP contribution is 2.34. The number of aromatic nitrogens is 2. The molecule has 2 N–H and O–H groups in total. The number of ketones is 1. The van der Waals surface area contributed by atoms with Crippen LogP contribution in [0.3, 0.4) is 0 Å². The van der Waals surface area contributed by atoms with Crippen LogP contribution in [0.25, 0.3) is 22.3 Å². The molecule has 0 aliphatic heterocycles. The minimum Gasteiger partial charge on any atom is -0.392 e. The summed E-state index contributed by atoms with van der Waals surface area (Å²) in [7, 11) is 0. The van der Waals surface area contributed by atoms with E-state index in [1.165, 1.54) is 29.5 Å². The Hall–Kier alpha value is -3.37. The third-order valence-corrected chi connectivity index (χ3v) is 6.34. The molecule has 0 saturated heterocycles. The van der Waals surface area contributed by atoms with Gasteiger partial charge in [0.2, 0.25) is 0 Å². The predicted molar refractivity (Wildman–Crippen MR) is 127 cm³/mol. The molecule has 0 saturated carbocycles. The molecule has 4 rings (SSSR count). The number of carbonyl (C=O) groups excluding carboxylic acids is 1. The fourth-order valence-corrected chi connectivity index (χ4v) is 4.49. The Kier molecular flexibility index (Phi) is 6.39. The number of hydrogen-bond acceptors (Lipinski definition) is 7. The Morgan fingerprint density at radius 2 is 1.97 bits per heavy atom. The molecule has 0 aliphatic rings. The Bertz CT molecular complexity index is 1420. The normalized spacial score (nSPS) is 11.5. The Morgan fingerprint density at radius 3 is 2.67 bits per heavy atom. The van der Waals surface area contributed by atoms with Gasteiger partial charge >= 0.3 is 0 Å². The van der Waals surface area contributed by atoms with Gasteiger partial charge in [0.1, 0.15) is 5.02 Å². The summed E-state index contributed by atoms with van der Waals surface area (Å²) in [4.78, 5) is 29.9. The Balaban J connectivity index is 1.78. The molecule has 0 radical (unpaired) electrons. The number of benzene rings is 2. The van der Waals surface area contributed by atoms with Crippen LogP contribution in [0, 0.1) is 17.0 Å². The van der Waals surface area contributed by atoms with E-state index >= 15 is 0 Å². The van der Waals surface area contributed by atoms with Crippen LogP contribution >= 0.6 is 22.9 Å². The number of rotatable bonds is 7. The van der Waals surface area contributed by atoms with Crippen LogP contribution in [0.2, 0.25) is 5.02 Å². The first-order valence-corrected chi connectivity index (χ1v) is 11.0. The molecule has 8 nitrogen and oxygen atoms in total. The van der Waals surface area contributed by atoms with Crippen LogP contribution in [-0.2, 0) is 13.2 Å². The standard InChI is InChI=1S/C23H18ClN3O5S/c1-13-10-26-19(6-7-21(30)14-2-3-16(11-28)17(8-14)12-29)22(25-23(26)33-13)15-4-5-18(24)20(9-15)27(31)32/h2-10,28-29H,11-12H2,1H3. The number of nitrogens with zero attached hydrogens (tertiary/aromatic N) is 3. The van der Waals surface area contributed by atoms with Crippen molar-refractivity contribution in [1.82, 2.24) is 9.38 Å². The summed E-state index contributed by atoms with van der Waals surface area (Å²) >= 11 is 7.41. The number of fused-ring (bicyclic) bond motifs is 1. The Labute approximate surface area is 197 Å². The first-order valence-electron chi connectivity index (χ1n) is 9.81. The van der Waals surface area contributed by atoms with Crippen LogP contribution in [-0.4, -0.2) is 30.3 Å². The molecular weight excluding hydrogens is 466 g/mol. The molecule has 2 aromatic carbocycles. The number of imidazole rings is 1. The molecule has 0 aliphatic carbocycles. The second kappa shape index (κ2) is 9.24. The number of halogens is 1. The molecule has 168 valence electrons. The van der Waals surface area contributed by atoms with Crippen LogP contribution in [0.4, 0.5) is 5.69 Å². The fraction of sp³-hybridized carbons (Fsp3) is 0.130. The highest BCUT2D eigenvalue weighted by atomic mass is 35.5. The van der Waals surface area contributed by atoms with E-state index in [0.717, 1.165) is 4.88 Å². The van der Waals surface area contributed by atoms with Gasteiger partial charge in [-0.25, -0.2) is 4.98 Å². The third kappa shape index (κ3) is 4.44. The van der Waals surface area contributed by atoms with Gasteiger partial charge in [-0.1, -0.05) is 29.8 Å². The highest BCUT2D eigenvalue weighted by molar-refractivity contribution is 7.17. The number of aryl methyl sites for hydroxylation is 1. The summed E-state index contributed by atoms with van der Waals surface area (Å²) in [6, 6.07) is 9.19. The molecule has 33 heavy (non-hydrogen) atoms. The van der Waals surface area contributed by atoms with Crippen molar-refractivity contribution < 1.29 is 19.9 Å². The van der Waals surface area contributed by atoms with Gasteiger partial charge in [-0.2, -0.15) is 0 Å². The molecule has 2 heterocycles. The summed E-state index contributed by atoms with van der Waals surface area (Å²) < 4.78 is 1.83. The lowest BCUT2D eigenvalue weighted by Crippen LogP contribution is -2.00. The molecule has 2 aromatic heterocycles. The van der Waals surface area contributed by atoms with Crippen molar-refractivity contribution >= 4 is 45.4 Å². The fourth-order valence-electron chi connectivity index (χ4n) is 3.48. The maximum atomic E-state index is 12.8. The Morgan fingerprint density at radius 1 is 1.21 bits per heavy atom. The van der Waals surface area contributed by atoms with E-state index in [1.54, 1.807) is 30.3 Å². The maximum absolute atomic E-state index is 12.8. The van der Waals surface area contributed by atoms with Gasteiger partial charge in [-0.15, -0.1) is 11.3 Å². The topological polar surface area (TPSA) is 118 Å². The summed E-state index contributed by atoms with van der Waals surface area (Å²) in [6.45, 7) is 1.41. The van der Waals surface area contributed by atoms with Crippen molar-refractivity contribution in [3.05, 3.63) is 91.1 Å². The van der Waals surface area contributed by atoms with E-state index < -0.39 is 4.92 Å². The number of aliphatic hydroxyl groups excluding tert-OH is 2. The van der Waals surface area contributed by atoms with Gasteiger partial charge in [0.05, 0.1) is 29.5 Å². The van der Waals surface area contributed by atoms with Gasteiger partial charge in [-0.3, -0.25) is 19.3 Å². The second-order valence-electron chi connectivity index (χ2n) is 7.26. The molecule has 0 amide bonds. The van der Waals surface area contributed by atoms with Crippen LogP contribution < -0.4 is 0 Å². The van der Waals surface area contributed by atoms with Gasteiger partial charge in [0, 0.05) is 28.3 Å². The average molecular weight is 484 g/mol. The molecule has 0 fully saturated rings. The number of hydrogen-bond donors (Lipinski definition) is 2. The highest BCUT2D eigenvalue weighted by Gasteiger charge is 2.19. The summed E-state index contributed by atoms with van der Waals surface area (Å²) in [5.74, 6) is -0.302. The lowest BCUT2D eigenvalue weighted by atomic mass is 10.0. The van der Waals surface area contributed by atoms with Crippen molar-refractivity contribution in [3.8, 4) is 11.3 Å². The van der Waals surface area contributed by atoms with Gasteiger partial charge < -0.3 is 10.2 Å². The van der Waals surface area contributed by atoms with E-state index in [2.05, 4.69) is 4.98 Å². The van der Waals surface area contributed by atoms with Crippen molar-refractivity contribution in [2.24, 2.45) is 0 Å². The zero-order valence-corrected chi connectivity index (χ0v) is 18.9. The van der Waals surface area contributed by atoms with E-state index in [9.17, 15) is 25.1 Å². The largest absolute Gasteiger partial charge is 0.392 e. The monoisotopic (exact) mass is 483 g/mol. The first kappa shape index (κ1) is 22.8. The molecule has 0 atom stereocenters. The summed E-state index contributed by atoms with van der Waals surface area (Å²) in [5, 5.41) is 30.2. The van der Waals surface area contributed by atoms with E-state index in [4.69, 9.17) is 11.6 Å². The number of carbonyl (C=O) groups is 1. The predicted octanol–water partition coefficient (Wildman–Crippen LogP) is 4.81. The zero-order valence-electron chi connectivity index (χ0n) is 17.4. The van der Waals surface area contributed by atoms with Gasteiger partial charge in [0.25, 0.3) is 5.69 Å². The number of nitro groups is 1. The zero-order chi connectivity index (χ0) is 23.7. The van der Waals surface area contributed by atoms with E-state index in [1.807, 2.05) is 17.5 Å². The number of thiazole rings is 1. The van der Waals surface area contributed by atoms with Crippen LogP contribution in [0.1, 0.15) is 32.1 Å². The van der Waals surface area contributed by atoms with Crippen LogP contribution in [0.5, 0.6) is 0 Å². The number of nitro benzene ring substituents is 1. The molecular formula is C23H18ClN3O5S. The number of aliphatic hydroxyl groups is 2. The molecule has 4 aromatic rings. The van der Waals surface area contributed by atoms with E-state index in [-0.39, 0.29) is 29.7 Å². The average Bonchev–Trinajstić information content (AvgIpc) is 3.33. The van der Waals surface area contributed by atoms with Crippen molar-refractivity contribution in [2.75, 3.05) is 0 Å². The van der Waals surface area contributed by atoms with E-state index in [0.29, 0.717) is 38.6 Å². The SMILES string of the molecule is Cc1cn2c(C=CC(=O)c3ccc(CO)c(CO)c3)c(-c3ccc(Cl)c([N+](=O)[O-])c3)nc2s1. The number of allylic oxidation sites excluding steroid dienone is 1. The van der Waals surface area contributed by atoms with Crippen LogP contribution in [0.15, 0.2) is 48.7 Å². The van der Waals surface area contributed by atoms with Crippen molar-refractivity contribution in [1.29, 1.82) is 0 Å². The minimum absolute atomic E-state index is 0.0268. The smallest absolute Gasteiger partial charge is 0.288 e. The molecule has 0 spiro atoms. The van der Waals surface area contributed by atoms with Crippen molar-refractivity contribution in [3.63, 3.8) is 0 Å². The van der Waals surface area contributed by atoms with Gasteiger partial charge in [0.15, 0.2) is 10.7 Å². The lowest BCUT2D eigenvalue weighted by Gasteiger charge is -2.06. The lowest BCUT2D eigenvalue weighted by molar-refractivity contribution is -0.384. The third-order valence-electron chi connectivity index (χ3n) is 5.12. The summed E-state index contributed by atoms with van der Waals surface area (Å²) in [5.41, 5.74) is 2.74. The quantitative estimate of drug-likeness (QED) is 0.168. The molecule has 0 unspecified atom stereocenters. The summed E-state index contributed by atoms with van der Waals surface area (Å²) in [6.07, 6.45) is 4.88. The minimum atomic E-state index is -0.553. The van der Waals surface area contributed by atoms with Gasteiger partial charge in [-0.05, 0) is 42.3 Å². The van der Waals surface area contributed by atoms with Crippen molar-refractivity contribution in [2.45, 2.75) is 20.1 Å². The first-order chi connectivity index (χ1) is 15.8. The second-order valence-corrected chi connectivity index (χ2v) is 8.88. The molecule has 0 bridgehead atoms.